The highest BCUT2D eigenvalue weighted by Gasteiger charge is 2.07. The van der Waals surface area contributed by atoms with Gasteiger partial charge in [-0.25, -0.2) is 14.8 Å². The van der Waals surface area contributed by atoms with Crippen LogP contribution in [0.5, 0.6) is 17.4 Å². The molecule has 0 saturated heterocycles. The van der Waals surface area contributed by atoms with Crippen LogP contribution in [-0.4, -0.2) is 27.7 Å². The largest absolute Gasteiger partial charge is 0.494 e. The Kier molecular flexibility index (Phi) is 3.92. The first-order chi connectivity index (χ1) is 9.19. The summed E-state index contributed by atoms with van der Waals surface area (Å²) in [6, 6.07) is 8.27. The normalized spacial score (nSPS) is 9.95. The lowest BCUT2D eigenvalue weighted by atomic mass is 10.3. The van der Waals surface area contributed by atoms with Crippen LogP contribution in [0.25, 0.3) is 0 Å². The van der Waals surface area contributed by atoms with E-state index in [1.807, 2.05) is 6.92 Å². The van der Waals surface area contributed by atoms with Crippen molar-refractivity contribution in [2.45, 2.75) is 6.92 Å². The molecule has 0 aliphatic heterocycles. The van der Waals surface area contributed by atoms with Crippen LogP contribution in [0.15, 0.2) is 36.7 Å². The molecule has 0 aliphatic rings. The summed E-state index contributed by atoms with van der Waals surface area (Å²) < 4.78 is 10.8. The Morgan fingerprint density at radius 1 is 1.26 bits per heavy atom. The summed E-state index contributed by atoms with van der Waals surface area (Å²) in [4.78, 5) is 18.2. The molecular weight excluding hydrogens is 248 g/mol. The Morgan fingerprint density at radius 3 is 2.79 bits per heavy atom. The SMILES string of the molecule is CCOc1cccc(Oc2cc(C(=O)O)ncn2)c1. The van der Waals surface area contributed by atoms with Crippen molar-refractivity contribution in [3.63, 3.8) is 0 Å². The monoisotopic (exact) mass is 260 g/mol. The summed E-state index contributed by atoms with van der Waals surface area (Å²) >= 11 is 0. The van der Waals surface area contributed by atoms with Crippen molar-refractivity contribution in [3.05, 3.63) is 42.4 Å². The van der Waals surface area contributed by atoms with Gasteiger partial charge < -0.3 is 14.6 Å². The van der Waals surface area contributed by atoms with Crippen molar-refractivity contribution in [2.24, 2.45) is 0 Å². The number of carbonyl (C=O) groups is 1. The molecule has 6 nitrogen and oxygen atoms in total. The van der Waals surface area contributed by atoms with E-state index in [0.29, 0.717) is 18.1 Å². The van der Waals surface area contributed by atoms with E-state index in [0.717, 1.165) is 6.33 Å². The molecular formula is C13H12N2O4. The predicted molar refractivity (Wildman–Crippen MR) is 66.7 cm³/mol. The summed E-state index contributed by atoms with van der Waals surface area (Å²) in [5.74, 6) is 0.227. The topological polar surface area (TPSA) is 81.5 Å². The summed E-state index contributed by atoms with van der Waals surface area (Å²) in [5.41, 5.74) is -0.119. The molecule has 0 bridgehead atoms. The highest BCUT2D eigenvalue weighted by atomic mass is 16.5. The van der Waals surface area contributed by atoms with E-state index in [9.17, 15) is 4.79 Å². The number of nitrogens with zero attached hydrogens (tertiary/aromatic N) is 2. The van der Waals surface area contributed by atoms with Crippen LogP contribution in [0.2, 0.25) is 0 Å². The zero-order chi connectivity index (χ0) is 13.7. The molecule has 0 unspecified atom stereocenters. The van der Waals surface area contributed by atoms with E-state index in [2.05, 4.69) is 9.97 Å². The minimum atomic E-state index is -1.13. The van der Waals surface area contributed by atoms with Crippen LogP contribution >= 0.6 is 0 Å². The van der Waals surface area contributed by atoms with Crippen molar-refractivity contribution in [1.82, 2.24) is 9.97 Å². The van der Waals surface area contributed by atoms with Gasteiger partial charge in [0.05, 0.1) is 6.61 Å². The van der Waals surface area contributed by atoms with Crippen LogP contribution in [0.3, 0.4) is 0 Å². The van der Waals surface area contributed by atoms with Crippen LogP contribution in [0.1, 0.15) is 17.4 Å². The highest BCUT2D eigenvalue weighted by molar-refractivity contribution is 5.85. The Balaban J connectivity index is 2.18. The number of ether oxygens (including phenoxy) is 2. The molecule has 0 atom stereocenters. The van der Waals surface area contributed by atoms with Crippen LogP contribution in [-0.2, 0) is 0 Å². The lowest BCUT2D eigenvalue weighted by Gasteiger charge is -2.07. The number of benzene rings is 1. The maximum absolute atomic E-state index is 10.8. The van der Waals surface area contributed by atoms with Crippen molar-refractivity contribution in [3.8, 4) is 17.4 Å². The average molecular weight is 260 g/mol. The molecule has 1 N–H and O–H groups in total. The van der Waals surface area contributed by atoms with Gasteiger partial charge in [-0.05, 0) is 19.1 Å². The van der Waals surface area contributed by atoms with Gasteiger partial charge in [-0.15, -0.1) is 0 Å². The van der Waals surface area contributed by atoms with Crippen molar-refractivity contribution >= 4 is 5.97 Å². The van der Waals surface area contributed by atoms with Gasteiger partial charge in [-0.3, -0.25) is 0 Å². The third kappa shape index (κ3) is 3.41. The second-order valence-corrected chi connectivity index (χ2v) is 3.56. The summed E-state index contributed by atoms with van der Waals surface area (Å²) in [6.07, 6.45) is 1.14. The molecule has 0 fully saturated rings. The molecule has 1 heterocycles. The molecule has 0 amide bonds. The van der Waals surface area contributed by atoms with E-state index in [1.54, 1.807) is 24.3 Å². The standard InChI is InChI=1S/C13H12N2O4/c1-2-18-9-4-3-5-10(6-9)19-12-7-11(13(16)17)14-8-15-12/h3-8H,2H2,1H3,(H,16,17). The average Bonchev–Trinajstić information content (AvgIpc) is 2.40. The van der Waals surface area contributed by atoms with Gasteiger partial charge in [0.1, 0.15) is 17.8 Å². The van der Waals surface area contributed by atoms with E-state index in [1.165, 1.54) is 6.07 Å². The Labute approximate surface area is 109 Å². The maximum atomic E-state index is 10.8. The van der Waals surface area contributed by atoms with Gasteiger partial charge in [0.25, 0.3) is 0 Å². The Bertz CT molecular complexity index is 586. The zero-order valence-corrected chi connectivity index (χ0v) is 10.2. The van der Waals surface area contributed by atoms with Crippen molar-refractivity contribution < 1.29 is 19.4 Å². The molecule has 2 rings (SSSR count). The molecule has 0 spiro atoms. The number of carboxylic acid groups (broad SMARTS) is 1. The van der Waals surface area contributed by atoms with Gasteiger partial charge in [0.2, 0.25) is 5.88 Å². The number of aromatic carboxylic acids is 1. The minimum absolute atomic E-state index is 0.119. The summed E-state index contributed by atoms with van der Waals surface area (Å²) in [5, 5.41) is 8.82. The molecule has 6 heteroatoms. The number of hydrogen-bond acceptors (Lipinski definition) is 5. The fourth-order valence-corrected chi connectivity index (χ4v) is 1.43. The van der Waals surface area contributed by atoms with Gasteiger partial charge in [-0.2, -0.15) is 0 Å². The highest BCUT2D eigenvalue weighted by Crippen LogP contribution is 2.24. The second-order valence-electron chi connectivity index (χ2n) is 3.56. The number of hydrogen-bond donors (Lipinski definition) is 1. The van der Waals surface area contributed by atoms with Crippen molar-refractivity contribution in [1.29, 1.82) is 0 Å². The van der Waals surface area contributed by atoms with Crippen LogP contribution < -0.4 is 9.47 Å². The zero-order valence-electron chi connectivity index (χ0n) is 10.2. The third-order valence-electron chi connectivity index (χ3n) is 2.20. The lowest BCUT2D eigenvalue weighted by molar-refractivity contribution is 0.0689. The second kappa shape index (κ2) is 5.81. The predicted octanol–water partition coefficient (Wildman–Crippen LogP) is 2.37. The number of aromatic nitrogens is 2. The van der Waals surface area contributed by atoms with Gasteiger partial charge in [-0.1, -0.05) is 6.07 Å². The lowest BCUT2D eigenvalue weighted by Crippen LogP contribution is -2.01. The first kappa shape index (κ1) is 12.8. The Hall–Kier alpha value is -2.63. The fraction of sp³-hybridized carbons (Fsp3) is 0.154. The molecule has 1 aromatic carbocycles. The van der Waals surface area contributed by atoms with Gasteiger partial charge in [0, 0.05) is 12.1 Å². The van der Waals surface area contributed by atoms with E-state index in [-0.39, 0.29) is 11.6 Å². The van der Waals surface area contributed by atoms with Crippen molar-refractivity contribution in [2.75, 3.05) is 6.61 Å². The Morgan fingerprint density at radius 2 is 2.05 bits per heavy atom. The first-order valence-electron chi connectivity index (χ1n) is 5.65. The van der Waals surface area contributed by atoms with Crippen LogP contribution in [0.4, 0.5) is 0 Å². The van der Waals surface area contributed by atoms with E-state index < -0.39 is 5.97 Å². The van der Waals surface area contributed by atoms with E-state index >= 15 is 0 Å². The van der Waals surface area contributed by atoms with Gasteiger partial charge >= 0.3 is 5.97 Å². The molecule has 2 aromatic rings. The third-order valence-corrected chi connectivity index (χ3v) is 2.20. The summed E-state index contributed by atoms with van der Waals surface area (Å²) in [6.45, 7) is 2.44. The van der Waals surface area contributed by atoms with Gasteiger partial charge in [0.15, 0.2) is 5.69 Å². The first-order valence-corrected chi connectivity index (χ1v) is 5.65. The van der Waals surface area contributed by atoms with E-state index in [4.69, 9.17) is 14.6 Å². The number of rotatable bonds is 5. The quantitative estimate of drug-likeness (QED) is 0.888. The smallest absolute Gasteiger partial charge is 0.354 e. The molecule has 1 aromatic heterocycles. The number of carboxylic acids is 1. The summed E-state index contributed by atoms with van der Waals surface area (Å²) in [7, 11) is 0. The maximum Gasteiger partial charge on any atom is 0.354 e. The fourth-order valence-electron chi connectivity index (χ4n) is 1.43. The molecule has 19 heavy (non-hydrogen) atoms. The molecule has 0 radical (unpaired) electrons. The molecule has 0 aliphatic carbocycles. The minimum Gasteiger partial charge on any atom is -0.494 e. The molecule has 98 valence electrons. The van der Waals surface area contributed by atoms with Crippen LogP contribution in [0, 0.1) is 0 Å². The molecule has 0 saturated carbocycles.